The molecule has 1 aliphatic heterocycles. The highest BCUT2D eigenvalue weighted by Crippen LogP contribution is 2.02. The predicted octanol–water partition coefficient (Wildman–Crippen LogP) is -0.805. The van der Waals surface area contributed by atoms with Crippen LogP contribution in [-0.4, -0.2) is 68.9 Å². The Morgan fingerprint density at radius 3 is 2.13 bits per heavy atom. The molecule has 1 fully saturated rings. The van der Waals surface area contributed by atoms with E-state index in [2.05, 4.69) is 11.8 Å². The minimum atomic E-state index is -3.20. The number of amides is 1. The summed E-state index contributed by atoms with van der Waals surface area (Å²) in [6, 6.07) is 0. The largest absolute Gasteiger partial charge is 0.339 e. The SMILES string of the molecule is CCN1CCN(C(=O)CS(C)(=O)=O)CC1. The smallest absolute Gasteiger partial charge is 0.237 e. The second-order valence-electron chi connectivity index (χ2n) is 3.89. The second-order valence-corrected chi connectivity index (χ2v) is 6.03. The van der Waals surface area contributed by atoms with Gasteiger partial charge < -0.3 is 9.80 Å². The molecule has 5 nitrogen and oxygen atoms in total. The van der Waals surface area contributed by atoms with Crippen LogP contribution >= 0.6 is 0 Å². The minimum absolute atomic E-state index is 0.270. The molecule has 6 heteroatoms. The van der Waals surface area contributed by atoms with E-state index >= 15 is 0 Å². The summed E-state index contributed by atoms with van der Waals surface area (Å²) >= 11 is 0. The van der Waals surface area contributed by atoms with Crippen molar-refractivity contribution in [2.24, 2.45) is 0 Å². The van der Waals surface area contributed by atoms with Crippen LogP contribution in [0.2, 0.25) is 0 Å². The topological polar surface area (TPSA) is 57.7 Å². The molecule has 1 heterocycles. The normalized spacial score (nSPS) is 19.2. The summed E-state index contributed by atoms with van der Waals surface area (Å²) in [6.45, 7) is 6.02. The number of sulfone groups is 1. The van der Waals surface area contributed by atoms with E-state index in [-0.39, 0.29) is 11.7 Å². The first-order valence-corrected chi connectivity index (χ1v) is 7.16. The highest BCUT2D eigenvalue weighted by Gasteiger charge is 2.22. The average Bonchev–Trinajstić information content (AvgIpc) is 2.15. The Bertz CT molecular complexity index is 318. The van der Waals surface area contributed by atoms with Crippen LogP contribution in [0.4, 0.5) is 0 Å². The molecule has 0 atom stereocenters. The lowest BCUT2D eigenvalue weighted by Crippen LogP contribution is -2.49. The van der Waals surface area contributed by atoms with Crippen LogP contribution in [0.3, 0.4) is 0 Å². The molecule has 0 spiro atoms. The molecule has 0 bridgehead atoms. The Balaban J connectivity index is 2.43. The van der Waals surface area contributed by atoms with Crippen LogP contribution < -0.4 is 0 Å². The molecular formula is C9H18N2O3S. The van der Waals surface area contributed by atoms with E-state index in [9.17, 15) is 13.2 Å². The molecule has 1 aliphatic rings. The van der Waals surface area contributed by atoms with Gasteiger partial charge >= 0.3 is 0 Å². The lowest BCUT2D eigenvalue weighted by Gasteiger charge is -2.33. The van der Waals surface area contributed by atoms with Gasteiger partial charge in [0.05, 0.1) is 0 Å². The second kappa shape index (κ2) is 4.94. The Morgan fingerprint density at radius 2 is 1.73 bits per heavy atom. The van der Waals surface area contributed by atoms with Gasteiger partial charge in [0.15, 0.2) is 9.84 Å². The summed E-state index contributed by atoms with van der Waals surface area (Å²) in [5.41, 5.74) is 0. The Hall–Kier alpha value is -0.620. The summed E-state index contributed by atoms with van der Waals surface area (Å²) < 4.78 is 21.9. The number of likely N-dealkylation sites (N-methyl/N-ethyl adjacent to an activating group) is 1. The first-order chi connectivity index (χ1) is 6.92. The van der Waals surface area contributed by atoms with Crippen molar-refractivity contribution in [3.05, 3.63) is 0 Å². The number of rotatable bonds is 3. The molecule has 88 valence electrons. The third kappa shape index (κ3) is 4.17. The van der Waals surface area contributed by atoms with Gasteiger partial charge in [0, 0.05) is 32.4 Å². The fraction of sp³-hybridized carbons (Fsp3) is 0.889. The highest BCUT2D eigenvalue weighted by molar-refractivity contribution is 7.91. The molecule has 1 rings (SSSR count). The molecule has 0 N–H and O–H groups in total. The van der Waals surface area contributed by atoms with E-state index in [1.54, 1.807) is 4.90 Å². The quantitative estimate of drug-likeness (QED) is 0.641. The first-order valence-electron chi connectivity index (χ1n) is 5.10. The van der Waals surface area contributed by atoms with Crippen LogP contribution in [0.1, 0.15) is 6.92 Å². The van der Waals surface area contributed by atoms with E-state index < -0.39 is 9.84 Å². The van der Waals surface area contributed by atoms with Gasteiger partial charge in [0.1, 0.15) is 5.75 Å². The summed E-state index contributed by atoms with van der Waals surface area (Å²) in [5, 5.41) is 0. The predicted molar refractivity (Wildman–Crippen MR) is 58.4 cm³/mol. The fourth-order valence-electron chi connectivity index (χ4n) is 1.63. The third-order valence-corrected chi connectivity index (χ3v) is 3.33. The van der Waals surface area contributed by atoms with E-state index in [4.69, 9.17) is 0 Å². The lowest BCUT2D eigenvalue weighted by atomic mass is 10.3. The number of hydrogen-bond donors (Lipinski definition) is 0. The number of carbonyl (C=O) groups excluding carboxylic acids is 1. The molecule has 0 aromatic rings. The molecule has 0 radical (unpaired) electrons. The van der Waals surface area contributed by atoms with Crippen molar-refractivity contribution >= 4 is 15.7 Å². The molecule has 15 heavy (non-hydrogen) atoms. The zero-order chi connectivity index (χ0) is 11.5. The van der Waals surface area contributed by atoms with E-state index in [1.165, 1.54) is 0 Å². The van der Waals surface area contributed by atoms with E-state index in [0.29, 0.717) is 13.1 Å². The molecule has 0 aromatic heterocycles. The molecule has 1 saturated heterocycles. The van der Waals surface area contributed by atoms with Gasteiger partial charge in [0.2, 0.25) is 5.91 Å². The van der Waals surface area contributed by atoms with Gasteiger partial charge in [-0.05, 0) is 6.54 Å². The number of hydrogen-bond acceptors (Lipinski definition) is 4. The van der Waals surface area contributed by atoms with Crippen LogP contribution in [0.15, 0.2) is 0 Å². The lowest BCUT2D eigenvalue weighted by molar-refractivity contribution is -0.130. The summed E-state index contributed by atoms with van der Waals surface area (Å²) in [7, 11) is -3.20. The molecular weight excluding hydrogens is 216 g/mol. The zero-order valence-electron chi connectivity index (χ0n) is 9.27. The van der Waals surface area contributed by atoms with Crippen LogP contribution in [-0.2, 0) is 14.6 Å². The van der Waals surface area contributed by atoms with Crippen LogP contribution in [0.5, 0.6) is 0 Å². The van der Waals surface area contributed by atoms with Crippen LogP contribution in [0, 0.1) is 0 Å². The number of nitrogens with zero attached hydrogens (tertiary/aromatic N) is 2. The highest BCUT2D eigenvalue weighted by atomic mass is 32.2. The molecule has 1 amide bonds. The molecule has 0 aliphatic carbocycles. The maximum absolute atomic E-state index is 11.5. The Kier molecular flexibility index (Phi) is 4.10. The number of carbonyl (C=O) groups is 1. The molecule has 0 aromatic carbocycles. The summed E-state index contributed by atoms with van der Waals surface area (Å²) in [4.78, 5) is 15.4. The maximum atomic E-state index is 11.5. The standard InChI is InChI=1S/C9H18N2O3S/c1-3-10-4-6-11(7-5-10)9(12)8-15(2,13)14/h3-8H2,1-2H3. The monoisotopic (exact) mass is 234 g/mol. The van der Waals surface area contributed by atoms with E-state index in [0.717, 1.165) is 25.9 Å². The van der Waals surface area contributed by atoms with Crippen molar-refractivity contribution in [3.8, 4) is 0 Å². The molecule has 0 unspecified atom stereocenters. The van der Waals surface area contributed by atoms with Crippen molar-refractivity contribution in [3.63, 3.8) is 0 Å². The Labute approximate surface area is 91.0 Å². The van der Waals surface area contributed by atoms with Crippen molar-refractivity contribution in [2.75, 3.05) is 44.7 Å². The van der Waals surface area contributed by atoms with Gasteiger partial charge in [0.25, 0.3) is 0 Å². The molecule has 0 saturated carbocycles. The van der Waals surface area contributed by atoms with Gasteiger partial charge in [-0.3, -0.25) is 4.79 Å². The van der Waals surface area contributed by atoms with Crippen molar-refractivity contribution in [2.45, 2.75) is 6.92 Å². The maximum Gasteiger partial charge on any atom is 0.237 e. The third-order valence-electron chi connectivity index (χ3n) is 2.56. The van der Waals surface area contributed by atoms with Gasteiger partial charge in [-0.2, -0.15) is 0 Å². The first kappa shape index (κ1) is 12.4. The fourth-order valence-corrected chi connectivity index (χ4v) is 2.26. The van der Waals surface area contributed by atoms with Crippen molar-refractivity contribution in [1.29, 1.82) is 0 Å². The van der Waals surface area contributed by atoms with E-state index in [1.807, 2.05) is 0 Å². The van der Waals surface area contributed by atoms with Gasteiger partial charge in [-0.1, -0.05) is 6.92 Å². The van der Waals surface area contributed by atoms with Gasteiger partial charge in [-0.25, -0.2) is 8.42 Å². The Morgan fingerprint density at radius 1 is 1.20 bits per heavy atom. The number of piperazine rings is 1. The zero-order valence-corrected chi connectivity index (χ0v) is 10.1. The van der Waals surface area contributed by atoms with Gasteiger partial charge in [-0.15, -0.1) is 0 Å². The summed E-state index contributed by atoms with van der Waals surface area (Å²) in [6.07, 6.45) is 1.09. The summed E-state index contributed by atoms with van der Waals surface area (Å²) in [5.74, 6) is -0.632. The van der Waals surface area contributed by atoms with Crippen LogP contribution in [0.25, 0.3) is 0 Å². The van der Waals surface area contributed by atoms with Crippen molar-refractivity contribution < 1.29 is 13.2 Å². The van der Waals surface area contributed by atoms with Crippen molar-refractivity contribution in [1.82, 2.24) is 9.80 Å². The average molecular weight is 234 g/mol. The minimum Gasteiger partial charge on any atom is -0.339 e.